The van der Waals surface area contributed by atoms with Crippen LogP contribution in [0.4, 0.5) is 17.8 Å². The minimum Gasteiger partial charge on any atom is -0.368 e. The van der Waals surface area contributed by atoms with Crippen LogP contribution in [0, 0.1) is 0 Å². The van der Waals surface area contributed by atoms with Crippen LogP contribution in [0.5, 0.6) is 0 Å². The summed E-state index contributed by atoms with van der Waals surface area (Å²) in [6.45, 7) is 0. The van der Waals surface area contributed by atoms with Crippen molar-refractivity contribution in [3.63, 3.8) is 0 Å². The van der Waals surface area contributed by atoms with Gasteiger partial charge >= 0.3 is 0 Å². The highest BCUT2D eigenvalue weighted by Crippen LogP contribution is 2.15. The molecular formula is C3H3Cl3N6. The topological polar surface area (TPSA) is 80.0 Å². The van der Waals surface area contributed by atoms with Gasteiger partial charge in [0.15, 0.2) is 0 Å². The third kappa shape index (κ3) is 2.13. The molecular weight excluding hydrogens is 226 g/mol. The monoisotopic (exact) mass is 228 g/mol. The summed E-state index contributed by atoms with van der Waals surface area (Å²) >= 11 is 15.9. The maximum Gasteiger partial charge on any atom is 0.262 e. The van der Waals surface area contributed by atoms with Gasteiger partial charge in [-0.2, -0.15) is 18.9 Å². The van der Waals surface area contributed by atoms with E-state index in [9.17, 15) is 0 Å². The molecule has 0 unspecified atom stereocenters. The van der Waals surface area contributed by atoms with Crippen LogP contribution in [0.2, 0.25) is 0 Å². The van der Waals surface area contributed by atoms with Crippen molar-refractivity contribution in [1.82, 2.24) is 15.0 Å². The zero-order chi connectivity index (χ0) is 9.14. The van der Waals surface area contributed by atoms with E-state index in [0.717, 1.165) is 0 Å². The van der Waals surface area contributed by atoms with E-state index in [4.69, 9.17) is 41.1 Å². The molecule has 6 nitrogen and oxygen atoms in total. The molecule has 3 N–H and O–H groups in total. The quantitative estimate of drug-likeness (QED) is 0.740. The molecule has 0 aliphatic heterocycles. The number of halogens is 3. The molecule has 0 aliphatic carbocycles. The zero-order valence-electron chi connectivity index (χ0n) is 5.50. The third-order valence-electron chi connectivity index (χ3n) is 0.877. The number of anilines is 3. The van der Waals surface area contributed by atoms with Crippen LogP contribution in [-0.2, 0) is 0 Å². The molecule has 9 heteroatoms. The highest BCUT2D eigenvalue weighted by Gasteiger charge is 2.07. The molecule has 1 rings (SSSR count). The van der Waals surface area contributed by atoms with Gasteiger partial charge in [0.25, 0.3) is 5.95 Å². The first kappa shape index (κ1) is 9.37. The number of nitrogens with two attached hydrogens (primary N) is 1. The first-order valence-electron chi connectivity index (χ1n) is 2.63. The van der Waals surface area contributed by atoms with Gasteiger partial charge in [0.1, 0.15) is 0 Å². The van der Waals surface area contributed by atoms with Crippen molar-refractivity contribution in [3.05, 3.63) is 0 Å². The molecule has 1 aromatic rings. The number of hydrogen-bond acceptors (Lipinski definition) is 6. The van der Waals surface area contributed by atoms with Crippen LogP contribution >= 0.6 is 35.3 Å². The zero-order valence-corrected chi connectivity index (χ0v) is 7.77. The molecule has 0 fully saturated rings. The molecule has 1 aromatic heterocycles. The molecule has 0 aliphatic rings. The lowest BCUT2D eigenvalue weighted by Gasteiger charge is -2.04. The normalized spacial score (nSPS) is 9.58. The second-order valence-electron chi connectivity index (χ2n) is 1.64. The Kier molecular flexibility index (Phi) is 2.96. The van der Waals surface area contributed by atoms with Crippen molar-refractivity contribution in [2.45, 2.75) is 0 Å². The van der Waals surface area contributed by atoms with Crippen molar-refractivity contribution < 1.29 is 0 Å². The van der Waals surface area contributed by atoms with Crippen LogP contribution in [0.3, 0.4) is 0 Å². The highest BCUT2D eigenvalue weighted by molar-refractivity contribution is 6.48. The van der Waals surface area contributed by atoms with Crippen molar-refractivity contribution >= 4 is 53.2 Å². The fourth-order valence-corrected chi connectivity index (χ4v) is 0.734. The van der Waals surface area contributed by atoms with E-state index in [-0.39, 0.29) is 17.8 Å². The molecule has 0 aromatic carbocycles. The number of rotatable bonds is 2. The van der Waals surface area contributed by atoms with Gasteiger partial charge in [-0.05, 0) is 0 Å². The van der Waals surface area contributed by atoms with E-state index in [1.54, 1.807) is 0 Å². The van der Waals surface area contributed by atoms with E-state index in [0.29, 0.717) is 3.94 Å². The van der Waals surface area contributed by atoms with Crippen molar-refractivity contribution in [1.29, 1.82) is 0 Å². The number of nitrogens with one attached hydrogen (secondary N) is 1. The summed E-state index contributed by atoms with van der Waals surface area (Å²) in [6, 6.07) is 0. The van der Waals surface area contributed by atoms with E-state index in [2.05, 4.69) is 19.8 Å². The maximum atomic E-state index is 5.32. The summed E-state index contributed by atoms with van der Waals surface area (Å²) in [5.74, 6) is 0.0360. The van der Waals surface area contributed by atoms with Gasteiger partial charge in [-0.15, -0.1) is 0 Å². The van der Waals surface area contributed by atoms with Crippen LogP contribution in [0.25, 0.3) is 0 Å². The average molecular weight is 229 g/mol. The van der Waals surface area contributed by atoms with E-state index in [1.165, 1.54) is 0 Å². The Bertz CT molecular complexity index is 277. The maximum absolute atomic E-state index is 5.32. The van der Waals surface area contributed by atoms with Gasteiger partial charge in [-0.25, -0.2) is 0 Å². The highest BCUT2D eigenvalue weighted by atomic mass is 35.5. The molecule has 0 spiro atoms. The van der Waals surface area contributed by atoms with Gasteiger partial charge in [0, 0.05) is 35.3 Å². The smallest absolute Gasteiger partial charge is 0.262 e. The fourth-order valence-electron chi connectivity index (χ4n) is 0.499. The Morgan fingerprint density at radius 2 is 1.92 bits per heavy atom. The predicted molar refractivity (Wildman–Crippen MR) is 47.9 cm³/mol. The summed E-state index contributed by atoms with van der Waals surface area (Å²) < 4.78 is 0.649. The van der Waals surface area contributed by atoms with Crippen LogP contribution in [0.1, 0.15) is 0 Å². The largest absolute Gasteiger partial charge is 0.368 e. The van der Waals surface area contributed by atoms with E-state index >= 15 is 0 Å². The number of nitrogen functional groups attached to an aromatic ring is 1. The lowest BCUT2D eigenvalue weighted by atomic mass is 10.8. The van der Waals surface area contributed by atoms with Crippen molar-refractivity contribution in [2.75, 3.05) is 14.5 Å². The molecule has 0 atom stereocenters. The first-order valence-corrected chi connectivity index (χ1v) is 3.69. The average Bonchev–Trinajstić information content (AvgIpc) is 2.03. The first-order chi connectivity index (χ1) is 5.63. The lowest BCUT2D eigenvalue weighted by molar-refractivity contribution is 1.07. The van der Waals surface area contributed by atoms with Gasteiger partial charge < -0.3 is 5.73 Å². The summed E-state index contributed by atoms with van der Waals surface area (Å²) in [5, 5.41) is 0. The molecule has 0 amide bonds. The predicted octanol–water partition coefficient (Wildman–Crippen LogP) is 1.13. The van der Waals surface area contributed by atoms with Crippen LogP contribution in [0.15, 0.2) is 0 Å². The minimum absolute atomic E-state index is 0.00557. The summed E-state index contributed by atoms with van der Waals surface area (Å²) in [5.41, 5.74) is 5.27. The molecule has 0 bridgehead atoms. The SMILES string of the molecule is Nc1nc(NCl)nc(N(Cl)Cl)n1. The Balaban J connectivity index is 3.06. The Morgan fingerprint density at radius 1 is 1.25 bits per heavy atom. The molecule has 66 valence electrons. The van der Waals surface area contributed by atoms with Gasteiger partial charge in [-0.3, -0.25) is 4.84 Å². The lowest BCUT2D eigenvalue weighted by Crippen LogP contribution is -2.06. The van der Waals surface area contributed by atoms with E-state index in [1.807, 2.05) is 0 Å². The van der Waals surface area contributed by atoms with Crippen LogP contribution < -0.4 is 14.5 Å². The van der Waals surface area contributed by atoms with E-state index < -0.39 is 0 Å². The van der Waals surface area contributed by atoms with Gasteiger partial charge in [0.05, 0.1) is 0 Å². The van der Waals surface area contributed by atoms with Crippen molar-refractivity contribution in [2.24, 2.45) is 0 Å². The van der Waals surface area contributed by atoms with Crippen molar-refractivity contribution in [3.8, 4) is 0 Å². The minimum atomic E-state index is -0.0329. The fraction of sp³-hybridized carbons (Fsp3) is 0. The number of nitrogens with zero attached hydrogens (tertiary/aromatic N) is 4. The Hall–Kier alpha value is -0.720. The summed E-state index contributed by atoms with van der Waals surface area (Å²) in [4.78, 5) is 13.0. The molecule has 12 heavy (non-hydrogen) atoms. The summed E-state index contributed by atoms with van der Waals surface area (Å²) in [6.07, 6.45) is 0. The Labute approximate surface area is 83.0 Å². The third-order valence-corrected chi connectivity index (χ3v) is 1.35. The molecule has 0 saturated heterocycles. The van der Waals surface area contributed by atoms with Gasteiger partial charge in [0.2, 0.25) is 11.9 Å². The second kappa shape index (κ2) is 3.79. The van der Waals surface area contributed by atoms with Gasteiger partial charge in [-0.1, -0.05) is 0 Å². The molecule has 0 saturated carbocycles. The number of aromatic nitrogens is 3. The molecule has 1 heterocycles. The Morgan fingerprint density at radius 3 is 2.42 bits per heavy atom. The second-order valence-corrected chi connectivity index (χ2v) is 2.68. The molecule has 0 radical (unpaired) electrons. The standard InChI is InChI=1S/C3H3Cl3N6/c4-11-2-8-1(7)9-3(10-2)12(5)6/h(H3,7,8,9,10,11). The number of hydrogen-bond donors (Lipinski definition) is 2. The summed E-state index contributed by atoms with van der Waals surface area (Å²) in [7, 11) is 0. The van der Waals surface area contributed by atoms with Crippen LogP contribution in [-0.4, -0.2) is 15.0 Å².